The number of hydrogen-bond donors (Lipinski definition) is 2. The predicted molar refractivity (Wildman–Crippen MR) is 89.1 cm³/mol. The Morgan fingerprint density at radius 3 is 2.67 bits per heavy atom. The number of nitrogens with two attached hydrogens (primary N) is 1. The molecule has 21 heavy (non-hydrogen) atoms. The first-order chi connectivity index (χ1) is 9.95. The maximum atomic E-state index is 11.8. The highest BCUT2D eigenvalue weighted by molar-refractivity contribution is 9.10. The Hall–Kier alpha value is -1.43. The van der Waals surface area contributed by atoms with Crippen molar-refractivity contribution in [2.75, 3.05) is 17.7 Å². The number of amides is 1. The molecule has 0 bridgehead atoms. The van der Waals surface area contributed by atoms with Crippen molar-refractivity contribution in [3.05, 3.63) is 50.9 Å². The van der Waals surface area contributed by atoms with Gasteiger partial charge in [0.15, 0.2) is 6.61 Å². The largest absolute Gasteiger partial charge is 0.482 e. The molecule has 1 amide bonds. The van der Waals surface area contributed by atoms with Crippen LogP contribution in [-0.4, -0.2) is 12.5 Å². The van der Waals surface area contributed by atoms with Gasteiger partial charge >= 0.3 is 0 Å². The number of rotatable bonds is 4. The average Bonchev–Trinajstić information content (AvgIpc) is 2.43. The van der Waals surface area contributed by atoms with Crippen LogP contribution in [0.25, 0.3) is 0 Å². The summed E-state index contributed by atoms with van der Waals surface area (Å²) in [5, 5.41) is 3.43. The Labute approximate surface area is 140 Å². The van der Waals surface area contributed by atoms with Crippen LogP contribution in [0.1, 0.15) is 0 Å². The molecular formula is C14H11BrCl2N2O2. The van der Waals surface area contributed by atoms with Crippen molar-refractivity contribution in [2.45, 2.75) is 0 Å². The van der Waals surface area contributed by atoms with Crippen molar-refractivity contribution < 1.29 is 9.53 Å². The van der Waals surface area contributed by atoms with Crippen LogP contribution >= 0.6 is 39.1 Å². The monoisotopic (exact) mass is 388 g/mol. The lowest BCUT2D eigenvalue weighted by Crippen LogP contribution is -2.20. The van der Waals surface area contributed by atoms with Crippen LogP contribution in [0, 0.1) is 0 Å². The van der Waals surface area contributed by atoms with Gasteiger partial charge in [-0.25, -0.2) is 0 Å². The molecule has 2 aromatic carbocycles. The van der Waals surface area contributed by atoms with Gasteiger partial charge in [0.25, 0.3) is 5.91 Å². The zero-order chi connectivity index (χ0) is 15.4. The highest BCUT2D eigenvalue weighted by atomic mass is 79.9. The third kappa shape index (κ3) is 4.52. The lowest BCUT2D eigenvalue weighted by atomic mass is 10.3. The van der Waals surface area contributed by atoms with Gasteiger partial charge < -0.3 is 15.8 Å². The van der Waals surface area contributed by atoms with Crippen LogP contribution in [0.2, 0.25) is 10.0 Å². The topological polar surface area (TPSA) is 64.3 Å². The Kier molecular flexibility index (Phi) is 5.33. The van der Waals surface area contributed by atoms with Crippen LogP contribution in [0.15, 0.2) is 40.9 Å². The molecule has 0 saturated carbocycles. The molecule has 110 valence electrons. The number of nitrogens with one attached hydrogen (secondary N) is 1. The summed E-state index contributed by atoms with van der Waals surface area (Å²) in [7, 11) is 0. The molecule has 0 aliphatic carbocycles. The first-order valence-electron chi connectivity index (χ1n) is 5.88. The Morgan fingerprint density at radius 1 is 1.19 bits per heavy atom. The highest BCUT2D eigenvalue weighted by Crippen LogP contribution is 2.28. The molecule has 0 fully saturated rings. The second-order valence-corrected chi connectivity index (χ2v) is 5.88. The summed E-state index contributed by atoms with van der Waals surface area (Å²) in [6.07, 6.45) is 0. The Balaban J connectivity index is 1.97. The summed E-state index contributed by atoms with van der Waals surface area (Å²) in [4.78, 5) is 11.8. The van der Waals surface area contributed by atoms with E-state index in [0.29, 0.717) is 27.2 Å². The molecule has 3 N–H and O–H groups in total. The smallest absolute Gasteiger partial charge is 0.262 e. The zero-order valence-electron chi connectivity index (χ0n) is 10.7. The fraction of sp³-hybridized carbons (Fsp3) is 0.0714. The second-order valence-electron chi connectivity index (χ2n) is 4.15. The minimum Gasteiger partial charge on any atom is -0.482 e. The molecule has 0 aliphatic rings. The molecular weight excluding hydrogens is 379 g/mol. The lowest BCUT2D eigenvalue weighted by Gasteiger charge is -2.10. The van der Waals surface area contributed by atoms with E-state index in [1.807, 2.05) is 0 Å². The molecule has 0 aliphatic heterocycles. The number of halogens is 3. The van der Waals surface area contributed by atoms with E-state index >= 15 is 0 Å². The van der Waals surface area contributed by atoms with Crippen molar-refractivity contribution in [3.63, 3.8) is 0 Å². The molecule has 0 spiro atoms. The minimum absolute atomic E-state index is 0.184. The molecule has 2 aromatic rings. The summed E-state index contributed by atoms with van der Waals surface area (Å²) in [5.41, 5.74) is 6.58. The van der Waals surface area contributed by atoms with Crippen LogP contribution in [0.4, 0.5) is 11.4 Å². The molecule has 0 heterocycles. The molecule has 0 aromatic heterocycles. The summed E-state index contributed by atoms with van der Waals surface area (Å²) in [5.74, 6) is 0.0716. The number of carbonyl (C=O) groups excluding carboxylic acids is 1. The lowest BCUT2D eigenvalue weighted by molar-refractivity contribution is -0.118. The SMILES string of the molecule is Nc1ccc(NC(=O)COc2cc(Br)ccc2Cl)c(Cl)c1. The van der Waals surface area contributed by atoms with E-state index in [1.54, 1.807) is 36.4 Å². The molecule has 0 saturated heterocycles. The zero-order valence-corrected chi connectivity index (χ0v) is 13.8. The summed E-state index contributed by atoms with van der Waals surface area (Å²) in [6.45, 7) is -0.184. The van der Waals surface area contributed by atoms with Crippen LogP contribution < -0.4 is 15.8 Å². The van der Waals surface area contributed by atoms with E-state index in [9.17, 15) is 4.79 Å². The van der Waals surface area contributed by atoms with Gasteiger partial charge in [0.1, 0.15) is 5.75 Å². The number of benzene rings is 2. The fourth-order valence-electron chi connectivity index (χ4n) is 1.55. The Bertz CT molecular complexity index is 680. The number of ether oxygens (including phenoxy) is 1. The maximum Gasteiger partial charge on any atom is 0.262 e. The van der Waals surface area contributed by atoms with E-state index in [1.165, 1.54) is 0 Å². The molecule has 0 unspecified atom stereocenters. The number of anilines is 2. The van der Waals surface area contributed by atoms with Gasteiger partial charge in [-0.1, -0.05) is 39.1 Å². The van der Waals surface area contributed by atoms with Gasteiger partial charge in [0.05, 0.1) is 15.7 Å². The Morgan fingerprint density at radius 2 is 1.95 bits per heavy atom. The second kappa shape index (κ2) is 7.02. The van der Waals surface area contributed by atoms with Gasteiger partial charge in [0.2, 0.25) is 0 Å². The van der Waals surface area contributed by atoms with E-state index in [-0.39, 0.29) is 12.5 Å². The normalized spacial score (nSPS) is 10.2. The summed E-state index contributed by atoms with van der Waals surface area (Å²) < 4.78 is 6.18. The maximum absolute atomic E-state index is 11.8. The third-order valence-corrected chi connectivity index (χ3v) is 3.64. The summed E-state index contributed by atoms with van der Waals surface area (Å²) in [6, 6.07) is 9.98. The van der Waals surface area contributed by atoms with Crippen LogP contribution in [-0.2, 0) is 4.79 Å². The molecule has 4 nitrogen and oxygen atoms in total. The first kappa shape index (κ1) is 15.9. The highest BCUT2D eigenvalue weighted by Gasteiger charge is 2.09. The van der Waals surface area contributed by atoms with Gasteiger partial charge in [-0.2, -0.15) is 0 Å². The standard InChI is InChI=1S/C14H11BrCl2N2O2/c15-8-1-3-10(16)13(5-8)21-7-14(20)19-12-4-2-9(18)6-11(12)17/h1-6H,7,18H2,(H,19,20). The average molecular weight is 390 g/mol. The summed E-state index contributed by atoms with van der Waals surface area (Å²) >= 11 is 15.2. The third-order valence-electron chi connectivity index (χ3n) is 2.52. The first-order valence-corrected chi connectivity index (χ1v) is 7.43. The predicted octanol–water partition coefficient (Wildman–Crippen LogP) is 4.36. The molecule has 0 radical (unpaired) electrons. The van der Waals surface area contributed by atoms with Crippen molar-refractivity contribution in [3.8, 4) is 5.75 Å². The van der Waals surface area contributed by atoms with Gasteiger partial charge in [0, 0.05) is 10.2 Å². The van der Waals surface area contributed by atoms with Crippen molar-refractivity contribution in [1.29, 1.82) is 0 Å². The number of hydrogen-bond acceptors (Lipinski definition) is 3. The molecule has 7 heteroatoms. The van der Waals surface area contributed by atoms with E-state index in [2.05, 4.69) is 21.2 Å². The quantitative estimate of drug-likeness (QED) is 0.763. The minimum atomic E-state index is -0.349. The van der Waals surface area contributed by atoms with Crippen molar-refractivity contribution >= 4 is 56.4 Å². The van der Waals surface area contributed by atoms with Crippen LogP contribution in [0.3, 0.4) is 0 Å². The van der Waals surface area contributed by atoms with E-state index in [0.717, 1.165) is 4.47 Å². The molecule has 0 atom stereocenters. The van der Waals surface area contributed by atoms with E-state index < -0.39 is 0 Å². The van der Waals surface area contributed by atoms with Crippen molar-refractivity contribution in [1.82, 2.24) is 0 Å². The number of carbonyl (C=O) groups is 1. The van der Waals surface area contributed by atoms with Gasteiger partial charge in [-0.15, -0.1) is 0 Å². The van der Waals surface area contributed by atoms with Crippen LogP contribution in [0.5, 0.6) is 5.75 Å². The van der Waals surface area contributed by atoms with Gasteiger partial charge in [-0.3, -0.25) is 4.79 Å². The molecule has 2 rings (SSSR count). The van der Waals surface area contributed by atoms with E-state index in [4.69, 9.17) is 33.7 Å². The van der Waals surface area contributed by atoms with Gasteiger partial charge in [-0.05, 0) is 36.4 Å². The van der Waals surface area contributed by atoms with Crippen molar-refractivity contribution in [2.24, 2.45) is 0 Å². The number of nitrogen functional groups attached to an aromatic ring is 1. The fourth-order valence-corrected chi connectivity index (χ4v) is 2.30.